The first-order valence-corrected chi connectivity index (χ1v) is 9.86. The molecule has 1 aliphatic heterocycles. The summed E-state index contributed by atoms with van der Waals surface area (Å²) in [5, 5.41) is 9.61. The molecule has 1 atom stereocenters. The minimum Gasteiger partial charge on any atom is -0.491 e. The molecular weight excluding hydrogens is 411 g/mol. The lowest BCUT2D eigenvalue weighted by atomic mass is 10.2. The van der Waals surface area contributed by atoms with Crippen molar-refractivity contribution < 1.29 is 18.6 Å². The maximum Gasteiger partial charge on any atom is 0.276 e. The lowest BCUT2D eigenvalue weighted by Gasteiger charge is -2.23. The smallest absolute Gasteiger partial charge is 0.276 e. The molecule has 0 saturated heterocycles. The maximum atomic E-state index is 6.06. The summed E-state index contributed by atoms with van der Waals surface area (Å²) in [6.45, 7) is 0.735. The lowest BCUT2D eigenvalue weighted by molar-refractivity contribution is 0.0686. The van der Waals surface area contributed by atoms with E-state index in [9.17, 15) is 0 Å². The summed E-state index contributed by atoms with van der Waals surface area (Å²) < 4.78 is 22.8. The molecule has 0 aliphatic carbocycles. The first kappa shape index (κ1) is 18.3. The van der Waals surface area contributed by atoms with Crippen LogP contribution in [0.4, 0.5) is 0 Å². The van der Waals surface area contributed by atoms with Crippen LogP contribution in [0.1, 0.15) is 12.0 Å². The Morgan fingerprint density at radius 1 is 1.11 bits per heavy atom. The predicted octanol–water partition coefficient (Wildman–Crippen LogP) is 5.06. The van der Waals surface area contributed by atoms with Gasteiger partial charge < -0.3 is 18.6 Å². The summed E-state index contributed by atoms with van der Waals surface area (Å²) in [6, 6.07) is 12.5. The molecule has 4 rings (SSSR count). The third kappa shape index (κ3) is 4.43. The normalized spacial score (nSPS) is 15.6. The van der Waals surface area contributed by atoms with Crippen LogP contribution in [-0.2, 0) is 0 Å². The van der Waals surface area contributed by atoms with E-state index in [1.807, 2.05) is 24.3 Å². The Kier molecular flexibility index (Phi) is 5.61. The van der Waals surface area contributed by atoms with Gasteiger partial charge >= 0.3 is 0 Å². The zero-order valence-electron chi connectivity index (χ0n) is 13.9. The van der Waals surface area contributed by atoms with Gasteiger partial charge in [-0.2, -0.15) is 0 Å². The van der Waals surface area contributed by atoms with Crippen molar-refractivity contribution in [2.45, 2.75) is 11.3 Å². The molecule has 9 heteroatoms. The van der Waals surface area contributed by atoms with Gasteiger partial charge in [-0.15, -0.1) is 10.2 Å². The molecule has 0 radical (unpaired) electrons. The molecule has 0 N–H and O–H groups in total. The van der Waals surface area contributed by atoms with Crippen molar-refractivity contribution in [3.8, 4) is 17.2 Å². The van der Waals surface area contributed by atoms with Gasteiger partial charge in [-0.25, -0.2) is 0 Å². The van der Waals surface area contributed by atoms with E-state index >= 15 is 0 Å². The minimum absolute atomic E-state index is 0.319. The number of thioether (sulfide) groups is 1. The Hall–Kier alpha value is -2.09. The fraction of sp³-hybridized carbons (Fsp3) is 0.222. The number of aromatic nitrogens is 2. The van der Waals surface area contributed by atoms with Gasteiger partial charge in [0.2, 0.25) is 6.10 Å². The SMILES string of the molecule is Clc1ccc(Cl)c(OCCSc2nnc(C3COc4ccccc4O3)o2)c1. The zero-order chi connectivity index (χ0) is 18.6. The van der Waals surface area contributed by atoms with Crippen LogP contribution in [0.2, 0.25) is 10.0 Å². The first-order valence-electron chi connectivity index (χ1n) is 8.11. The molecule has 2 heterocycles. The molecule has 3 aromatic rings. The molecular formula is C18H14Cl2N2O4S. The fourth-order valence-electron chi connectivity index (χ4n) is 2.42. The molecule has 6 nitrogen and oxygen atoms in total. The molecule has 0 saturated carbocycles. The summed E-state index contributed by atoms with van der Waals surface area (Å²) in [5.41, 5.74) is 0. The van der Waals surface area contributed by atoms with Crippen molar-refractivity contribution in [2.24, 2.45) is 0 Å². The maximum absolute atomic E-state index is 6.06. The van der Waals surface area contributed by atoms with Crippen molar-refractivity contribution in [2.75, 3.05) is 19.0 Å². The number of rotatable bonds is 6. The van der Waals surface area contributed by atoms with Gasteiger partial charge in [0.15, 0.2) is 11.5 Å². The molecule has 1 aromatic heterocycles. The highest BCUT2D eigenvalue weighted by Crippen LogP contribution is 2.36. The summed E-state index contributed by atoms with van der Waals surface area (Å²) in [4.78, 5) is 0. The summed E-state index contributed by atoms with van der Waals surface area (Å²) in [6.07, 6.45) is -0.428. The highest BCUT2D eigenvalue weighted by atomic mass is 35.5. The summed E-state index contributed by atoms with van der Waals surface area (Å²) in [5.74, 6) is 2.90. The Bertz CT molecular complexity index is 937. The molecule has 27 heavy (non-hydrogen) atoms. The molecule has 1 unspecified atom stereocenters. The number of ether oxygens (including phenoxy) is 3. The van der Waals surface area contributed by atoms with E-state index in [1.165, 1.54) is 11.8 Å². The van der Waals surface area contributed by atoms with Crippen LogP contribution in [-0.4, -0.2) is 29.2 Å². The van der Waals surface area contributed by atoms with E-state index < -0.39 is 6.10 Å². The Morgan fingerprint density at radius 3 is 2.85 bits per heavy atom. The van der Waals surface area contributed by atoms with Gasteiger partial charge in [-0.1, -0.05) is 47.1 Å². The standard InChI is InChI=1S/C18H14Cl2N2O4S/c19-11-5-6-12(20)15(9-11)23-7-8-27-18-22-21-17(26-18)16-10-24-13-3-1-2-4-14(13)25-16/h1-6,9,16H,7-8,10H2. The molecule has 0 bridgehead atoms. The number of para-hydroxylation sites is 2. The molecule has 0 amide bonds. The predicted molar refractivity (Wildman–Crippen MR) is 102 cm³/mol. The largest absolute Gasteiger partial charge is 0.491 e. The number of benzene rings is 2. The van der Waals surface area contributed by atoms with Crippen molar-refractivity contribution in [3.63, 3.8) is 0 Å². The zero-order valence-corrected chi connectivity index (χ0v) is 16.3. The lowest BCUT2D eigenvalue weighted by Crippen LogP contribution is -2.21. The second kappa shape index (κ2) is 8.29. The van der Waals surface area contributed by atoms with E-state index in [0.29, 0.717) is 57.4 Å². The molecule has 0 spiro atoms. The van der Waals surface area contributed by atoms with E-state index in [1.54, 1.807) is 18.2 Å². The second-order valence-electron chi connectivity index (χ2n) is 5.54. The van der Waals surface area contributed by atoms with Crippen LogP contribution < -0.4 is 14.2 Å². The number of hydrogen-bond donors (Lipinski definition) is 0. The Morgan fingerprint density at radius 2 is 1.96 bits per heavy atom. The molecule has 2 aromatic carbocycles. The van der Waals surface area contributed by atoms with Gasteiger partial charge in [0.05, 0.1) is 11.6 Å². The fourth-order valence-corrected chi connectivity index (χ4v) is 3.34. The monoisotopic (exact) mass is 424 g/mol. The number of fused-ring (bicyclic) bond motifs is 1. The highest BCUT2D eigenvalue weighted by Gasteiger charge is 2.27. The van der Waals surface area contributed by atoms with Crippen LogP contribution in [0, 0.1) is 0 Å². The van der Waals surface area contributed by atoms with Crippen LogP contribution in [0.25, 0.3) is 0 Å². The summed E-state index contributed by atoms with van der Waals surface area (Å²) >= 11 is 13.4. The number of nitrogens with zero attached hydrogens (tertiary/aromatic N) is 2. The highest BCUT2D eigenvalue weighted by molar-refractivity contribution is 7.99. The van der Waals surface area contributed by atoms with Gasteiger partial charge in [0, 0.05) is 16.8 Å². The Labute approximate surface area is 169 Å². The molecule has 0 fully saturated rings. The number of halogens is 2. The second-order valence-corrected chi connectivity index (χ2v) is 7.43. The van der Waals surface area contributed by atoms with E-state index in [4.69, 9.17) is 41.8 Å². The van der Waals surface area contributed by atoms with Crippen molar-refractivity contribution >= 4 is 35.0 Å². The van der Waals surface area contributed by atoms with Crippen LogP contribution in [0.3, 0.4) is 0 Å². The average Bonchev–Trinajstić information content (AvgIpc) is 3.16. The van der Waals surface area contributed by atoms with Crippen molar-refractivity contribution in [3.05, 3.63) is 58.4 Å². The van der Waals surface area contributed by atoms with E-state index in [0.717, 1.165) is 0 Å². The average molecular weight is 425 g/mol. The van der Waals surface area contributed by atoms with Gasteiger partial charge in [-0.3, -0.25) is 0 Å². The Balaban J connectivity index is 1.29. The quantitative estimate of drug-likeness (QED) is 0.404. The van der Waals surface area contributed by atoms with Gasteiger partial charge in [-0.05, 0) is 24.3 Å². The van der Waals surface area contributed by atoms with Crippen LogP contribution >= 0.6 is 35.0 Å². The van der Waals surface area contributed by atoms with Crippen molar-refractivity contribution in [1.82, 2.24) is 10.2 Å². The van der Waals surface area contributed by atoms with Crippen LogP contribution in [0.5, 0.6) is 17.2 Å². The van der Waals surface area contributed by atoms with Crippen molar-refractivity contribution in [1.29, 1.82) is 0 Å². The molecule has 1 aliphatic rings. The van der Waals surface area contributed by atoms with E-state index in [-0.39, 0.29) is 0 Å². The molecule has 140 valence electrons. The third-order valence-electron chi connectivity index (χ3n) is 3.67. The number of hydrogen-bond acceptors (Lipinski definition) is 7. The van der Waals surface area contributed by atoms with Gasteiger partial charge in [0.1, 0.15) is 12.4 Å². The summed E-state index contributed by atoms with van der Waals surface area (Å²) in [7, 11) is 0. The topological polar surface area (TPSA) is 66.6 Å². The third-order valence-corrected chi connectivity index (χ3v) is 5.00. The van der Waals surface area contributed by atoms with Crippen LogP contribution in [0.15, 0.2) is 52.1 Å². The minimum atomic E-state index is -0.428. The van der Waals surface area contributed by atoms with E-state index in [2.05, 4.69) is 10.2 Å². The van der Waals surface area contributed by atoms with Gasteiger partial charge in [0.25, 0.3) is 11.1 Å². The first-order chi connectivity index (χ1) is 13.2.